The summed E-state index contributed by atoms with van der Waals surface area (Å²) in [4.78, 5) is 4.81. The number of rotatable bonds is 5. The van der Waals surface area contributed by atoms with Crippen LogP contribution in [0.1, 0.15) is 19.7 Å². The molecule has 0 bridgehead atoms. The molecule has 0 aliphatic carbocycles. The Hall–Kier alpha value is -1.07. The van der Waals surface area contributed by atoms with Crippen molar-refractivity contribution < 1.29 is 8.42 Å². The van der Waals surface area contributed by atoms with Crippen LogP contribution in [0.2, 0.25) is 0 Å². The minimum atomic E-state index is -3.29. The molecule has 0 atom stereocenters. The predicted octanol–water partition coefficient (Wildman–Crippen LogP) is 2.88. The molecule has 1 aromatic carbocycles. The van der Waals surface area contributed by atoms with E-state index >= 15 is 0 Å². The number of imidazole rings is 1. The fourth-order valence-electron chi connectivity index (χ4n) is 2.31. The van der Waals surface area contributed by atoms with E-state index in [1.807, 2.05) is 6.07 Å². The Morgan fingerprint density at radius 3 is 2.60 bits per heavy atom. The summed E-state index contributed by atoms with van der Waals surface area (Å²) in [6.45, 7) is 5.05. The van der Waals surface area contributed by atoms with Crippen molar-refractivity contribution in [3.05, 3.63) is 24.0 Å². The molecule has 2 aromatic rings. The van der Waals surface area contributed by atoms with Crippen LogP contribution in [0.25, 0.3) is 11.0 Å². The molecule has 0 radical (unpaired) electrons. The molecule has 1 aromatic heterocycles. The maximum atomic E-state index is 11.9. The Morgan fingerprint density at radius 1 is 1.35 bits per heavy atom. The Kier molecular flexibility index (Phi) is 4.39. The van der Waals surface area contributed by atoms with Gasteiger partial charge in [-0.3, -0.25) is 0 Å². The second-order valence-corrected chi connectivity index (χ2v) is 7.73. The lowest BCUT2D eigenvalue weighted by Crippen LogP contribution is -2.09. The molecule has 0 aliphatic heterocycles. The molecule has 0 aliphatic rings. The topological polar surface area (TPSA) is 52.0 Å². The van der Waals surface area contributed by atoms with Crippen LogP contribution >= 0.6 is 11.6 Å². The highest BCUT2D eigenvalue weighted by Gasteiger charge is 2.18. The molecule has 0 saturated carbocycles. The molecule has 6 heteroatoms. The van der Waals surface area contributed by atoms with E-state index in [-0.39, 0.29) is 4.90 Å². The Morgan fingerprint density at radius 2 is 2.05 bits per heavy atom. The summed E-state index contributed by atoms with van der Waals surface area (Å²) in [5, 5.41) is 0. The first kappa shape index (κ1) is 15.3. The molecule has 4 nitrogen and oxygen atoms in total. The Labute approximate surface area is 124 Å². The number of aryl methyl sites for hydroxylation is 1. The molecule has 0 spiro atoms. The smallest absolute Gasteiger partial charge is 0.177 e. The largest absolute Gasteiger partial charge is 0.328 e. The summed E-state index contributed by atoms with van der Waals surface area (Å²) in [7, 11) is -3.29. The van der Waals surface area contributed by atoms with Gasteiger partial charge in [0, 0.05) is 25.1 Å². The summed E-state index contributed by atoms with van der Waals surface area (Å²) < 4.78 is 25.8. The number of hydrogen-bond acceptors (Lipinski definition) is 3. The van der Waals surface area contributed by atoms with Gasteiger partial charge in [0.1, 0.15) is 11.3 Å². The molecule has 0 amide bonds. The highest BCUT2D eigenvalue weighted by Crippen LogP contribution is 2.25. The van der Waals surface area contributed by atoms with Crippen LogP contribution in [0, 0.1) is 5.92 Å². The van der Waals surface area contributed by atoms with Gasteiger partial charge in [0.25, 0.3) is 0 Å². The molecule has 2 rings (SSSR count). The van der Waals surface area contributed by atoms with Crippen LogP contribution in [0.15, 0.2) is 23.1 Å². The van der Waals surface area contributed by atoms with Gasteiger partial charge in [-0.1, -0.05) is 19.9 Å². The van der Waals surface area contributed by atoms with Gasteiger partial charge in [0.2, 0.25) is 0 Å². The summed E-state index contributed by atoms with van der Waals surface area (Å²) in [6.07, 6.45) is 1.84. The molecule has 20 heavy (non-hydrogen) atoms. The van der Waals surface area contributed by atoms with E-state index in [2.05, 4.69) is 23.4 Å². The van der Waals surface area contributed by atoms with E-state index < -0.39 is 9.84 Å². The second kappa shape index (κ2) is 5.74. The predicted molar refractivity (Wildman–Crippen MR) is 82.1 cm³/mol. The zero-order chi connectivity index (χ0) is 14.9. The first-order valence-electron chi connectivity index (χ1n) is 6.58. The van der Waals surface area contributed by atoms with Gasteiger partial charge >= 0.3 is 0 Å². The van der Waals surface area contributed by atoms with Gasteiger partial charge in [0.05, 0.1) is 10.4 Å². The molecule has 110 valence electrons. The third kappa shape index (κ3) is 2.99. The fourth-order valence-corrected chi connectivity index (χ4v) is 3.31. The average Bonchev–Trinajstić information content (AvgIpc) is 2.66. The Balaban J connectivity index is 2.73. The third-order valence-corrected chi connectivity index (χ3v) is 4.40. The van der Waals surface area contributed by atoms with Crippen molar-refractivity contribution >= 4 is 32.5 Å². The number of nitrogens with zero attached hydrogens (tertiary/aromatic N) is 2. The third-order valence-electron chi connectivity index (χ3n) is 3.09. The van der Waals surface area contributed by atoms with Crippen LogP contribution in [0.3, 0.4) is 0 Å². The summed E-state index contributed by atoms with van der Waals surface area (Å²) in [5.74, 6) is 1.76. The van der Waals surface area contributed by atoms with E-state index in [4.69, 9.17) is 11.6 Å². The SMILES string of the molecule is CC(C)Cn1c(CCCl)nc2c(S(C)(=O)=O)cccc21. The molecule has 0 fully saturated rings. The molecule has 0 unspecified atom stereocenters. The molecular weight excluding hydrogens is 296 g/mol. The van der Waals surface area contributed by atoms with Crippen molar-refractivity contribution in [1.82, 2.24) is 9.55 Å². The lowest BCUT2D eigenvalue weighted by atomic mass is 10.2. The summed E-state index contributed by atoms with van der Waals surface area (Å²) in [6, 6.07) is 5.29. The van der Waals surface area contributed by atoms with Gasteiger partial charge in [-0.25, -0.2) is 13.4 Å². The Bertz CT molecular complexity index is 720. The van der Waals surface area contributed by atoms with E-state index in [0.717, 1.165) is 17.9 Å². The maximum absolute atomic E-state index is 11.9. The van der Waals surface area contributed by atoms with E-state index in [1.165, 1.54) is 6.26 Å². The van der Waals surface area contributed by atoms with Gasteiger partial charge in [-0.05, 0) is 18.1 Å². The van der Waals surface area contributed by atoms with Gasteiger partial charge in [-0.15, -0.1) is 11.6 Å². The van der Waals surface area contributed by atoms with Crippen LogP contribution in [0.4, 0.5) is 0 Å². The van der Waals surface area contributed by atoms with Crippen molar-refractivity contribution in [1.29, 1.82) is 0 Å². The summed E-state index contributed by atoms with van der Waals surface area (Å²) in [5.41, 5.74) is 1.41. The minimum Gasteiger partial charge on any atom is -0.328 e. The lowest BCUT2D eigenvalue weighted by Gasteiger charge is -2.11. The maximum Gasteiger partial charge on any atom is 0.177 e. The minimum absolute atomic E-state index is 0.285. The van der Waals surface area contributed by atoms with Gasteiger partial charge in [-0.2, -0.15) is 0 Å². The number of aromatic nitrogens is 2. The van der Waals surface area contributed by atoms with Crippen molar-refractivity contribution in [2.45, 2.75) is 31.7 Å². The zero-order valence-electron chi connectivity index (χ0n) is 11.9. The first-order valence-corrected chi connectivity index (χ1v) is 9.01. The highest BCUT2D eigenvalue weighted by atomic mass is 35.5. The summed E-state index contributed by atoms with van der Waals surface area (Å²) >= 11 is 5.83. The number of benzene rings is 1. The average molecular weight is 315 g/mol. The first-order chi connectivity index (χ1) is 9.34. The zero-order valence-corrected chi connectivity index (χ0v) is 13.5. The standard InChI is InChI=1S/C14H19ClN2O2S/c1-10(2)9-17-11-5-4-6-12(20(3,18)19)14(11)16-13(17)7-8-15/h4-6,10H,7-9H2,1-3H3. The molecule has 0 N–H and O–H groups in total. The lowest BCUT2D eigenvalue weighted by molar-refractivity contribution is 0.519. The molecule has 1 heterocycles. The van der Waals surface area contributed by atoms with Crippen LogP contribution in [0.5, 0.6) is 0 Å². The highest BCUT2D eigenvalue weighted by molar-refractivity contribution is 7.91. The van der Waals surface area contributed by atoms with Crippen LogP contribution in [-0.2, 0) is 22.8 Å². The van der Waals surface area contributed by atoms with Gasteiger partial charge in [0.15, 0.2) is 9.84 Å². The van der Waals surface area contributed by atoms with E-state index in [1.54, 1.807) is 12.1 Å². The van der Waals surface area contributed by atoms with E-state index in [9.17, 15) is 8.42 Å². The number of halogens is 1. The van der Waals surface area contributed by atoms with Crippen molar-refractivity contribution in [3.63, 3.8) is 0 Å². The van der Waals surface area contributed by atoms with Crippen molar-refractivity contribution in [2.24, 2.45) is 5.92 Å². The van der Waals surface area contributed by atoms with Gasteiger partial charge < -0.3 is 4.57 Å². The normalized spacial score (nSPS) is 12.4. The van der Waals surface area contributed by atoms with Crippen molar-refractivity contribution in [2.75, 3.05) is 12.1 Å². The van der Waals surface area contributed by atoms with E-state index in [0.29, 0.717) is 23.7 Å². The number of sulfone groups is 1. The number of hydrogen-bond donors (Lipinski definition) is 0. The van der Waals surface area contributed by atoms with Crippen LogP contribution < -0.4 is 0 Å². The number of para-hydroxylation sites is 1. The van der Waals surface area contributed by atoms with Crippen LogP contribution in [-0.4, -0.2) is 30.1 Å². The monoisotopic (exact) mass is 314 g/mol. The quantitative estimate of drug-likeness (QED) is 0.797. The second-order valence-electron chi connectivity index (χ2n) is 5.37. The molecule has 0 saturated heterocycles. The van der Waals surface area contributed by atoms with Crippen molar-refractivity contribution in [3.8, 4) is 0 Å². The molecular formula is C14H19ClN2O2S. The fraction of sp³-hybridized carbons (Fsp3) is 0.500. The number of fused-ring (bicyclic) bond motifs is 1. The number of alkyl halides is 1.